The molecule has 3 aliphatic rings. The Labute approximate surface area is 256 Å². The van der Waals surface area contributed by atoms with E-state index in [0.717, 1.165) is 0 Å². The number of hydrogen-bond donors (Lipinski definition) is 6. The molecule has 0 bridgehead atoms. The first kappa shape index (κ1) is 30.2. The van der Waals surface area contributed by atoms with E-state index in [-0.39, 0.29) is 34.0 Å². The van der Waals surface area contributed by atoms with E-state index in [1.54, 1.807) is 0 Å². The summed E-state index contributed by atoms with van der Waals surface area (Å²) in [4.78, 5) is 35.4. The molecule has 3 saturated heterocycles. The molecule has 0 amide bonds. The van der Waals surface area contributed by atoms with E-state index in [4.69, 9.17) is 50.8 Å². The molecule has 0 spiro atoms. The van der Waals surface area contributed by atoms with Gasteiger partial charge in [-0.15, -0.1) is 0 Å². The van der Waals surface area contributed by atoms with Gasteiger partial charge in [-0.2, -0.15) is 0 Å². The lowest BCUT2D eigenvalue weighted by atomic mass is 10.1. The number of aromatic nitrogens is 8. The van der Waals surface area contributed by atoms with Crippen molar-refractivity contribution in [3.63, 3.8) is 0 Å². The molecule has 4 aromatic heterocycles. The molecule has 3 aliphatic heterocycles. The molecule has 0 aromatic carbocycles. The molecule has 3 fully saturated rings. The summed E-state index contributed by atoms with van der Waals surface area (Å²) in [7, 11) is 0. The van der Waals surface area contributed by atoms with Gasteiger partial charge < -0.3 is 40.6 Å². The number of thiol groups is 1. The van der Waals surface area contributed by atoms with Crippen molar-refractivity contribution in [2.75, 3.05) is 24.7 Å². The molecule has 7 N–H and O–H groups in total. The van der Waals surface area contributed by atoms with Gasteiger partial charge in [-0.05, 0) is 11.8 Å². The smallest absolute Gasteiger partial charge is 0.386 e. The molecule has 4 aromatic rings. The number of aliphatic hydroxyl groups excluding tert-OH is 2. The number of nitrogens with zero attached hydrogens (tertiary/aromatic N) is 8. The molecule has 236 valence electrons. The number of aliphatic hydroxyl groups is 2. The van der Waals surface area contributed by atoms with Crippen molar-refractivity contribution in [3.8, 4) is 0 Å². The molecular weight excluding hydrogens is 666 g/mol. The van der Waals surface area contributed by atoms with Crippen LogP contribution in [0.15, 0.2) is 25.3 Å². The van der Waals surface area contributed by atoms with Crippen molar-refractivity contribution >= 4 is 71.5 Å². The number of anilines is 2. The second-order valence-corrected chi connectivity index (χ2v) is 15.6. The van der Waals surface area contributed by atoms with E-state index in [2.05, 4.69) is 42.2 Å². The van der Waals surface area contributed by atoms with E-state index in [1.807, 2.05) is 0 Å². The predicted molar refractivity (Wildman–Crippen MR) is 154 cm³/mol. The maximum absolute atomic E-state index is 13.4. The number of nitrogen functional groups attached to an aromatic ring is 2. The molecule has 10 atom stereocenters. The van der Waals surface area contributed by atoms with Gasteiger partial charge in [-0.1, -0.05) is 12.2 Å². The van der Waals surface area contributed by atoms with Crippen LogP contribution in [0.4, 0.5) is 11.6 Å². The van der Waals surface area contributed by atoms with Crippen molar-refractivity contribution in [1.29, 1.82) is 0 Å². The van der Waals surface area contributed by atoms with Crippen molar-refractivity contribution in [2.24, 2.45) is 0 Å². The van der Waals surface area contributed by atoms with Crippen LogP contribution < -0.4 is 11.5 Å². The van der Waals surface area contributed by atoms with Crippen LogP contribution in [0.25, 0.3) is 22.3 Å². The van der Waals surface area contributed by atoms with Gasteiger partial charge in [-0.3, -0.25) is 22.7 Å². The Hall–Kier alpha value is -2.43. The van der Waals surface area contributed by atoms with Gasteiger partial charge in [0.1, 0.15) is 60.3 Å². The van der Waals surface area contributed by atoms with Gasteiger partial charge in [0.2, 0.25) is 0 Å². The predicted octanol–water partition coefficient (Wildman–Crippen LogP) is -0.581. The van der Waals surface area contributed by atoms with Crippen LogP contribution in [0.2, 0.25) is 0 Å². The highest BCUT2D eigenvalue weighted by molar-refractivity contribution is 8.44. The van der Waals surface area contributed by atoms with Crippen LogP contribution in [0, 0.1) is 0 Å². The lowest BCUT2D eigenvalue weighted by Crippen LogP contribution is -2.38. The largest absolute Gasteiger partial charge is 0.386 e. The van der Waals surface area contributed by atoms with Crippen LogP contribution in [0.3, 0.4) is 0 Å². The molecule has 0 aliphatic carbocycles. The van der Waals surface area contributed by atoms with E-state index >= 15 is 0 Å². The van der Waals surface area contributed by atoms with Gasteiger partial charge in [-0.25, -0.2) is 34.5 Å². The van der Waals surface area contributed by atoms with Crippen LogP contribution in [-0.4, -0.2) is 104 Å². The van der Waals surface area contributed by atoms with Gasteiger partial charge in [0.25, 0.3) is 0 Å². The Morgan fingerprint density at radius 3 is 1.82 bits per heavy atom. The van der Waals surface area contributed by atoms with E-state index in [0.29, 0.717) is 0 Å². The van der Waals surface area contributed by atoms with E-state index in [9.17, 15) is 19.7 Å². The highest BCUT2D eigenvalue weighted by Gasteiger charge is 2.53. The summed E-state index contributed by atoms with van der Waals surface area (Å²) in [5.41, 5.74) is 12.8. The van der Waals surface area contributed by atoms with Gasteiger partial charge in [0.15, 0.2) is 35.4 Å². The van der Waals surface area contributed by atoms with Crippen molar-refractivity contribution in [2.45, 2.75) is 49.1 Å². The highest BCUT2D eigenvalue weighted by atomic mass is 32.7. The third kappa shape index (κ3) is 5.28. The number of nitrogens with two attached hydrogens (primary N) is 2. The molecule has 4 unspecified atom stereocenters. The fourth-order valence-corrected chi connectivity index (χ4v) is 8.18. The summed E-state index contributed by atoms with van der Waals surface area (Å²) in [6.45, 7) is -9.39. The van der Waals surface area contributed by atoms with Gasteiger partial charge in [0.05, 0.1) is 25.9 Å². The minimum absolute atomic E-state index is 0.106. The molecule has 0 saturated carbocycles. The number of rotatable bonds is 2. The molecule has 20 nitrogen and oxygen atoms in total. The zero-order valence-corrected chi connectivity index (χ0v) is 25.5. The Bertz CT molecular complexity index is 1700. The zero-order valence-electron chi connectivity index (χ0n) is 22.0. The minimum atomic E-state index is -4.26. The number of ether oxygens (including phenoxy) is 2. The summed E-state index contributed by atoms with van der Waals surface area (Å²) in [5.74, 6) is 0.213. The van der Waals surface area contributed by atoms with Crippen LogP contribution in [0.5, 0.6) is 0 Å². The maximum atomic E-state index is 13.4. The number of hydrogen-bond acceptors (Lipinski definition) is 18. The molecule has 44 heavy (non-hydrogen) atoms. The Morgan fingerprint density at radius 2 is 1.30 bits per heavy atom. The summed E-state index contributed by atoms with van der Waals surface area (Å²) < 4.78 is 50.6. The normalized spacial score (nSPS) is 38.3. The first-order chi connectivity index (χ1) is 20.9. The van der Waals surface area contributed by atoms with Crippen molar-refractivity contribution in [3.05, 3.63) is 25.3 Å². The fourth-order valence-electron chi connectivity index (χ4n) is 5.24. The standard InChI is InChI=1S/C20H24N10O10P2S2/c21-15-9-17(25-3-23-15)29(5-27-9)19-11(31)13-7(37-19)1-35-41(33,43)40-14-8(2-36-42(34,44)39-13)38-20(12(14)32)30-6-28-10-16(22)24-4-26-18(10)30/h3-8,11-14,19-20,31-32H,1-2H2,(H,33,43)(H,34,44)(H2,21,23,25)(H2,22,24,26)/t7-,8-,11+,12+,13?,14?,19-,20-,41?,42?/m1/s1. The van der Waals surface area contributed by atoms with Gasteiger partial charge >= 0.3 is 13.5 Å². The second-order valence-electron chi connectivity index (χ2n) is 9.95. The van der Waals surface area contributed by atoms with E-state index in [1.165, 1.54) is 34.4 Å². The molecular formula is C20H24N10O10P2S2. The lowest BCUT2D eigenvalue weighted by Gasteiger charge is -2.29. The summed E-state index contributed by atoms with van der Waals surface area (Å²) in [5, 5.41) is 22.5. The quantitative estimate of drug-likeness (QED) is 0.113. The topological polar surface area (TPSA) is 272 Å². The molecule has 0 radical (unpaired) electrons. The zero-order chi connectivity index (χ0) is 31.0. The molecule has 24 heteroatoms. The lowest BCUT2D eigenvalue weighted by molar-refractivity contribution is -0.0577. The molecule has 7 rings (SSSR count). The first-order valence-electron chi connectivity index (χ1n) is 12.8. The second kappa shape index (κ2) is 11.1. The highest BCUT2D eigenvalue weighted by Crippen LogP contribution is 2.58. The van der Waals surface area contributed by atoms with Crippen LogP contribution in [-0.2, 0) is 43.9 Å². The van der Waals surface area contributed by atoms with Crippen LogP contribution >= 0.6 is 25.8 Å². The van der Waals surface area contributed by atoms with E-state index < -0.39 is 75.8 Å². The Kier molecular flexibility index (Phi) is 7.64. The maximum Gasteiger partial charge on any atom is 0.386 e. The third-order valence-electron chi connectivity index (χ3n) is 7.26. The average Bonchev–Trinajstić information content (AvgIpc) is 3.73. The Morgan fingerprint density at radius 1 is 0.818 bits per heavy atom. The molecule has 7 heterocycles. The summed E-state index contributed by atoms with van der Waals surface area (Å²) >= 11 is 9.33. The monoisotopic (exact) mass is 690 g/mol. The summed E-state index contributed by atoms with van der Waals surface area (Å²) in [6, 6.07) is 0. The van der Waals surface area contributed by atoms with Gasteiger partial charge in [0, 0.05) is 0 Å². The van der Waals surface area contributed by atoms with Crippen molar-refractivity contribution < 1.29 is 47.2 Å². The Balaban J connectivity index is 1.17. The SMILES string of the molecule is Nc1ncnc2c1ncn2[C@@H]1O[C@@H]2COP(O)(=S)OC3[C@@H](COP(=O)(S)OC2[C@@H]1O)O[C@@H](n1cnc2c(N)ncnc21)[C@H]3O. The minimum Gasteiger partial charge on any atom is -0.386 e. The number of fused-ring (bicyclic) bond motifs is 4. The van der Waals surface area contributed by atoms with Crippen LogP contribution in [0.1, 0.15) is 12.5 Å². The van der Waals surface area contributed by atoms with Crippen molar-refractivity contribution in [1.82, 2.24) is 39.0 Å². The number of imidazole rings is 2. The third-order valence-corrected chi connectivity index (χ3v) is 10.4. The average molecular weight is 691 g/mol. The summed E-state index contributed by atoms with van der Waals surface area (Å²) in [6.07, 6.45) is -5.32. The first-order valence-corrected chi connectivity index (χ1v) is 18.1. The fraction of sp³-hybridized carbons (Fsp3) is 0.500.